The molecule has 2 aromatic rings. The van der Waals surface area contributed by atoms with Gasteiger partial charge in [0, 0.05) is 63.5 Å². The molecule has 0 radical (unpaired) electrons. The summed E-state index contributed by atoms with van der Waals surface area (Å²) in [7, 11) is 3.91. The van der Waals surface area contributed by atoms with Gasteiger partial charge in [0.25, 0.3) is 5.91 Å². The van der Waals surface area contributed by atoms with E-state index in [1.807, 2.05) is 73.6 Å². The van der Waals surface area contributed by atoms with Crippen LogP contribution in [-0.4, -0.2) is 67.9 Å². The van der Waals surface area contributed by atoms with Gasteiger partial charge in [0.1, 0.15) is 0 Å². The van der Waals surface area contributed by atoms with Crippen LogP contribution in [0.5, 0.6) is 0 Å². The Morgan fingerprint density at radius 3 is 2.53 bits per heavy atom. The Morgan fingerprint density at radius 2 is 1.82 bits per heavy atom. The molecule has 34 heavy (non-hydrogen) atoms. The standard InChI is InChI=1S/C26H33N5O3/c1-30(2)21-10-8-19(9-11-21)25(33)29-20-14-23-26(34)28-16-22(31(23)17-20)12-13-24(32)27-15-18-6-4-3-5-7-18/h3-11,20,22-23H,12-17H2,1-2H3,(H,27,32)(H,28,34)(H,29,33). The highest BCUT2D eigenvalue weighted by Gasteiger charge is 2.43. The minimum atomic E-state index is -0.271. The second-order valence-electron chi connectivity index (χ2n) is 9.26. The maximum Gasteiger partial charge on any atom is 0.251 e. The van der Waals surface area contributed by atoms with Crippen LogP contribution in [0.1, 0.15) is 35.2 Å². The normalized spacial score (nSPS) is 21.9. The minimum absolute atomic E-state index is 0.00234. The Hall–Kier alpha value is -3.39. The van der Waals surface area contributed by atoms with E-state index in [4.69, 9.17) is 0 Å². The van der Waals surface area contributed by atoms with Crippen LogP contribution in [0.3, 0.4) is 0 Å². The van der Waals surface area contributed by atoms with E-state index in [0.717, 1.165) is 11.3 Å². The highest BCUT2D eigenvalue weighted by molar-refractivity contribution is 5.95. The molecule has 0 aliphatic carbocycles. The summed E-state index contributed by atoms with van der Waals surface area (Å²) in [5.41, 5.74) is 2.70. The predicted molar refractivity (Wildman–Crippen MR) is 131 cm³/mol. The third kappa shape index (κ3) is 5.75. The molecule has 3 N–H and O–H groups in total. The van der Waals surface area contributed by atoms with Gasteiger partial charge in [-0.3, -0.25) is 19.3 Å². The van der Waals surface area contributed by atoms with Crippen LogP contribution >= 0.6 is 0 Å². The van der Waals surface area contributed by atoms with Crippen LogP contribution in [0.4, 0.5) is 5.69 Å². The first-order chi connectivity index (χ1) is 16.4. The van der Waals surface area contributed by atoms with E-state index in [1.54, 1.807) is 0 Å². The first-order valence-corrected chi connectivity index (χ1v) is 11.8. The average molecular weight is 464 g/mol. The molecule has 0 spiro atoms. The molecule has 0 saturated carbocycles. The fourth-order valence-corrected chi connectivity index (χ4v) is 4.71. The van der Waals surface area contributed by atoms with Crippen molar-refractivity contribution in [2.45, 2.75) is 43.9 Å². The highest BCUT2D eigenvalue weighted by atomic mass is 16.2. The van der Waals surface area contributed by atoms with Gasteiger partial charge < -0.3 is 20.9 Å². The molecule has 3 amide bonds. The third-order valence-electron chi connectivity index (χ3n) is 6.64. The molecule has 3 atom stereocenters. The van der Waals surface area contributed by atoms with Gasteiger partial charge in [-0.2, -0.15) is 0 Å². The topological polar surface area (TPSA) is 93.8 Å². The van der Waals surface area contributed by atoms with E-state index in [-0.39, 0.29) is 35.8 Å². The van der Waals surface area contributed by atoms with Crippen molar-refractivity contribution in [2.24, 2.45) is 0 Å². The molecule has 2 fully saturated rings. The molecule has 0 bridgehead atoms. The Kier molecular flexibility index (Phi) is 7.47. The molecule has 2 saturated heterocycles. The molecule has 180 valence electrons. The Morgan fingerprint density at radius 1 is 1.09 bits per heavy atom. The number of benzene rings is 2. The number of hydrogen-bond acceptors (Lipinski definition) is 5. The van der Waals surface area contributed by atoms with Crippen LogP contribution in [0.2, 0.25) is 0 Å². The van der Waals surface area contributed by atoms with Gasteiger partial charge in [0.2, 0.25) is 11.8 Å². The van der Waals surface area contributed by atoms with E-state index in [2.05, 4.69) is 20.9 Å². The number of nitrogens with one attached hydrogen (secondary N) is 3. The van der Waals surface area contributed by atoms with Crippen molar-refractivity contribution < 1.29 is 14.4 Å². The van der Waals surface area contributed by atoms with Crippen molar-refractivity contribution in [1.82, 2.24) is 20.9 Å². The summed E-state index contributed by atoms with van der Waals surface area (Å²) in [4.78, 5) is 41.7. The third-order valence-corrected chi connectivity index (χ3v) is 6.64. The smallest absolute Gasteiger partial charge is 0.251 e. The molecule has 2 aromatic carbocycles. The zero-order valence-corrected chi connectivity index (χ0v) is 19.8. The molecule has 3 unspecified atom stereocenters. The molecule has 8 nitrogen and oxygen atoms in total. The minimum Gasteiger partial charge on any atom is -0.378 e. The van der Waals surface area contributed by atoms with Crippen molar-refractivity contribution in [3.63, 3.8) is 0 Å². The van der Waals surface area contributed by atoms with Gasteiger partial charge in [-0.25, -0.2) is 0 Å². The summed E-state index contributed by atoms with van der Waals surface area (Å²) in [6.45, 7) is 1.64. The lowest BCUT2D eigenvalue weighted by molar-refractivity contribution is -0.129. The largest absolute Gasteiger partial charge is 0.378 e. The zero-order valence-electron chi connectivity index (χ0n) is 19.8. The van der Waals surface area contributed by atoms with Crippen molar-refractivity contribution in [3.8, 4) is 0 Å². The van der Waals surface area contributed by atoms with E-state index in [9.17, 15) is 14.4 Å². The van der Waals surface area contributed by atoms with Gasteiger partial charge in [0.05, 0.1) is 6.04 Å². The second-order valence-corrected chi connectivity index (χ2v) is 9.26. The summed E-state index contributed by atoms with van der Waals surface area (Å²) in [5, 5.41) is 9.04. The summed E-state index contributed by atoms with van der Waals surface area (Å²) < 4.78 is 0. The van der Waals surface area contributed by atoms with E-state index >= 15 is 0 Å². The van der Waals surface area contributed by atoms with E-state index in [1.165, 1.54) is 0 Å². The van der Waals surface area contributed by atoms with Crippen LogP contribution in [0, 0.1) is 0 Å². The molecular formula is C26H33N5O3. The molecule has 2 heterocycles. The Bertz CT molecular complexity index is 1010. The van der Waals surface area contributed by atoms with Crippen molar-refractivity contribution in [1.29, 1.82) is 0 Å². The van der Waals surface area contributed by atoms with Crippen LogP contribution in [0.15, 0.2) is 54.6 Å². The monoisotopic (exact) mass is 463 g/mol. The first-order valence-electron chi connectivity index (χ1n) is 11.8. The number of carbonyl (C=O) groups is 3. The van der Waals surface area contributed by atoms with E-state index < -0.39 is 0 Å². The molecule has 0 aromatic heterocycles. The lowest BCUT2D eigenvalue weighted by Crippen LogP contribution is -2.58. The number of fused-ring (bicyclic) bond motifs is 1. The van der Waals surface area contributed by atoms with Crippen LogP contribution < -0.4 is 20.9 Å². The van der Waals surface area contributed by atoms with Crippen molar-refractivity contribution >= 4 is 23.4 Å². The zero-order chi connectivity index (χ0) is 24.1. The average Bonchev–Trinajstić information content (AvgIpc) is 3.27. The number of rotatable bonds is 8. The number of piperazine rings is 1. The highest BCUT2D eigenvalue weighted by Crippen LogP contribution is 2.26. The maximum atomic E-state index is 12.8. The van der Waals surface area contributed by atoms with Crippen molar-refractivity contribution in [2.75, 3.05) is 32.1 Å². The second kappa shape index (κ2) is 10.7. The van der Waals surface area contributed by atoms with Gasteiger partial charge in [-0.05, 0) is 42.7 Å². The molecule has 8 heteroatoms. The lowest BCUT2D eigenvalue weighted by atomic mass is 10.0. The van der Waals surface area contributed by atoms with Gasteiger partial charge in [-0.15, -0.1) is 0 Å². The Labute approximate surface area is 200 Å². The summed E-state index contributed by atoms with van der Waals surface area (Å²) in [6, 6.07) is 17.0. The lowest BCUT2D eigenvalue weighted by Gasteiger charge is -2.37. The molecule has 4 rings (SSSR count). The summed E-state index contributed by atoms with van der Waals surface area (Å²) in [6.07, 6.45) is 1.62. The fraction of sp³-hybridized carbons (Fsp3) is 0.423. The number of nitrogens with zero attached hydrogens (tertiary/aromatic N) is 2. The van der Waals surface area contributed by atoms with Gasteiger partial charge >= 0.3 is 0 Å². The van der Waals surface area contributed by atoms with Crippen molar-refractivity contribution in [3.05, 3.63) is 65.7 Å². The number of carbonyl (C=O) groups excluding carboxylic acids is 3. The molecular weight excluding hydrogens is 430 g/mol. The fourth-order valence-electron chi connectivity index (χ4n) is 4.71. The summed E-state index contributed by atoms with van der Waals surface area (Å²) in [5.74, 6) is -0.133. The van der Waals surface area contributed by atoms with Crippen LogP contribution in [-0.2, 0) is 16.1 Å². The first kappa shape index (κ1) is 23.8. The SMILES string of the molecule is CN(C)c1ccc(C(=O)NC2CC3C(=O)NCC(CCC(=O)NCc4ccccc4)N3C2)cc1. The Balaban J connectivity index is 1.29. The molecule has 2 aliphatic heterocycles. The maximum absolute atomic E-state index is 12.8. The van der Waals surface area contributed by atoms with Gasteiger partial charge in [-0.1, -0.05) is 30.3 Å². The summed E-state index contributed by atoms with van der Waals surface area (Å²) >= 11 is 0. The number of anilines is 1. The van der Waals surface area contributed by atoms with Gasteiger partial charge in [0.15, 0.2) is 0 Å². The van der Waals surface area contributed by atoms with E-state index in [0.29, 0.717) is 44.5 Å². The number of hydrogen-bond donors (Lipinski definition) is 3. The quantitative estimate of drug-likeness (QED) is 0.552. The van der Waals surface area contributed by atoms with Crippen LogP contribution in [0.25, 0.3) is 0 Å². The predicted octanol–water partition coefficient (Wildman–Crippen LogP) is 1.52. The molecule has 2 aliphatic rings. The number of amides is 3.